The number of hydrogen-bond acceptors (Lipinski definition) is 4. The molecule has 0 aliphatic carbocycles. The molecule has 0 radical (unpaired) electrons. The number of hydrogen-bond donors (Lipinski definition) is 1. The highest BCUT2D eigenvalue weighted by molar-refractivity contribution is 7.89. The Kier molecular flexibility index (Phi) is 6.15. The van der Waals surface area contributed by atoms with Crippen LogP contribution in [0, 0.1) is 0 Å². The van der Waals surface area contributed by atoms with Crippen LogP contribution in [0.4, 0.5) is 19.0 Å². The smallest absolute Gasteiger partial charge is 0.355 e. The molecule has 1 aliphatic heterocycles. The van der Waals surface area contributed by atoms with Crippen molar-refractivity contribution in [2.45, 2.75) is 23.5 Å². The molecule has 1 unspecified atom stereocenters. The highest BCUT2D eigenvalue weighted by Gasteiger charge is 2.32. The quantitative estimate of drug-likeness (QED) is 0.558. The van der Waals surface area contributed by atoms with Gasteiger partial charge in [0.1, 0.15) is 5.82 Å². The summed E-state index contributed by atoms with van der Waals surface area (Å²) in [6.07, 6.45) is -3.14. The molecule has 0 saturated carbocycles. The van der Waals surface area contributed by atoms with Crippen molar-refractivity contribution in [3.05, 3.63) is 77.4 Å². The number of aromatic nitrogens is 1. The Morgan fingerprint density at radius 1 is 0.969 bits per heavy atom. The number of nitrogens with one attached hydrogen (secondary N) is 1. The van der Waals surface area contributed by atoms with Gasteiger partial charge in [0.25, 0.3) is 0 Å². The molecule has 10 heteroatoms. The van der Waals surface area contributed by atoms with Gasteiger partial charge in [0.15, 0.2) is 0 Å². The van der Waals surface area contributed by atoms with Crippen LogP contribution >= 0.6 is 11.6 Å². The maximum absolute atomic E-state index is 12.8. The van der Waals surface area contributed by atoms with Crippen molar-refractivity contribution < 1.29 is 21.6 Å². The van der Waals surface area contributed by atoms with Crippen molar-refractivity contribution in [3.8, 4) is 11.1 Å². The largest absolute Gasteiger partial charge is 0.417 e. The second kappa shape index (κ2) is 8.73. The van der Waals surface area contributed by atoms with Crippen LogP contribution in [0.5, 0.6) is 0 Å². The number of pyridine rings is 1. The minimum Gasteiger partial charge on any atom is -0.355 e. The fourth-order valence-electron chi connectivity index (χ4n) is 3.56. The summed E-state index contributed by atoms with van der Waals surface area (Å²) in [7, 11) is -3.75. The summed E-state index contributed by atoms with van der Waals surface area (Å²) in [5.74, 6) is 0.381. The number of nitrogens with zero attached hydrogens (tertiary/aromatic N) is 2. The van der Waals surface area contributed by atoms with Gasteiger partial charge in [-0.2, -0.15) is 13.2 Å². The van der Waals surface area contributed by atoms with E-state index >= 15 is 0 Å². The molecule has 2 heterocycles. The number of sulfonamides is 1. The minimum absolute atomic E-state index is 0.140. The normalized spacial score (nSPS) is 17.0. The molecule has 2 aromatic carbocycles. The summed E-state index contributed by atoms with van der Waals surface area (Å²) < 4.78 is 66.4. The van der Waals surface area contributed by atoms with Crippen LogP contribution in [0.25, 0.3) is 11.1 Å². The number of anilines is 1. The first kappa shape index (κ1) is 22.6. The molecule has 3 aromatic rings. The summed E-state index contributed by atoms with van der Waals surface area (Å²) in [6, 6.07) is 15.7. The molecule has 4 rings (SSSR count). The van der Waals surface area contributed by atoms with Gasteiger partial charge in [-0.1, -0.05) is 35.9 Å². The van der Waals surface area contributed by atoms with Crippen molar-refractivity contribution in [1.29, 1.82) is 0 Å². The zero-order valence-corrected chi connectivity index (χ0v) is 18.3. The van der Waals surface area contributed by atoms with Gasteiger partial charge >= 0.3 is 6.18 Å². The van der Waals surface area contributed by atoms with E-state index in [0.29, 0.717) is 30.4 Å². The van der Waals surface area contributed by atoms with E-state index < -0.39 is 21.8 Å². The van der Waals surface area contributed by atoms with Crippen molar-refractivity contribution >= 4 is 27.4 Å². The fourth-order valence-corrected chi connectivity index (χ4v) is 4.95. The van der Waals surface area contributed by atoms with Crippen LogP contribution < -0.4 is 9.62 Å². The first-order valence-electron chi connectivity index (χ1n) is 9.78. The van der Waals surface area contributed by atoms with Gasteiger partial charge in [0, 0.05) is 30.4 Å². The van der Waals surface area contributed by atoms with Crippen molar-refractivity contribution in [1.82, 2.24) is 9.71 Å². The second-order valence-corrected chi connectivity index (χ2v) is 9.64. The number of rotatable bonds is 5. The monoisotopic (exact) mass is 481 g/mol. The van der Waals surface area contributed by atoms with Crippen LogP contribution in [0.2, 0.25) is 5.02 Å². The molecular weight excluding hydrogens is 463 g/mol. The topological polar surface area (TPSA) is 62.3 Å². The SMILES string of the molecule is O=S(=O)(NC1CCN(c2ccc(C(F)(F)F)cn2)C1)c1ccc(-c2ccc(Cl)cc2)cc1. The third-order valence-electron chi connectivity index (χ3n) is 5.25. The zero-order chi connectivity index (χ0) is 22.9. The lowest BCUT2D eigenvalue weighted by Gasteiger charge is -2.18. The standard InChI is InChI=1S/C22H19ClF3N3O2S/c23-18-6-1-15(2-7-18)16-3-8-20(9-4-16)32(30,31)28-19-11-12-29(14-19)21-10-5-17(13-27-21)22(24,25)26/h1-10,13,19,28H,11-12,14H2. The van der Waals surface area contributed by atoms with Crippen LogP contribution in [-0.2, 0) is 16.2 Å². The van der Waals surface area contributed by atoms with Crippen molar-refractivity contribution in [2.75, 3.05) is 18.0 Å². The molecule has 0 spiro atoms. The zero-order valence-electron chi connectivity index (χ0n) is 16.7. The Hall–Kier alpha value is -2.62. The number of alkyl halides is 3. The van der Waals surface area contributed by atoms with Crippen LogP contribution in [0.15, 0.2) is 71.8 Å². The Bertz CT molecular complexity index is 1180. The van der Waals surface area contributed by atoms with E-state index in [1.807, 2.05) is 12.1 Å². The molecule has 0 bridgehead atoms. The maximum Gasteiger partial charge on any atom is 0.417 e. The molecule has 32 heavy (non-hydrogen) atoms. The second-order valence-electron chi connectivity index (χ2n) is 7.49. The molecule has 1 atom stereocenters. The van der Waals surface area contributed by atoms with E-state index in [1.54, 1.807) is 29.2 Å². The molecular formula is C22H19ClF3N3O2S. The molecule has 168 valence electrons. The summed E-state index contributed by atoms with van der Waals surface area (Å²) in [5, 5.41) is 0.620. The van der Waals surface area contributed by atoms with Gasteiger partial charge < -0.3 is 4.90 Å². The Labute approximate surface area is 188 Å². The molecule has 1 aliphatic rings. The summed E-state index contributed by atoms with van der Waals surface area (Å²) >= 11 is 5.90. The van der Waals surface area contributed by atoms with E-state index in [1.165, 1.54) is 18.2 Å². The lowest BCUT2D eigenvalue weighted by Crippen LogP contribution is -2.37. The molecule has 1 N–H and O–H groups in total. The average molecular weight is 482 g/mol. The third kappa shape index (κ3) is 5.06. The van der Waals surface area contributed by atoms with Gasteiger partial charge in [0.2, 0.25) is 10.0 Å². The number of benzene rings is 2. The van der Waals surface area contributed by atoms with E-state index in [9.17, 15) is 21.6 Å². The van der Waals surface area contributed by atoms with E-state index in [4.69, 9.17) is 11.6 Å². The van der Waals surface area contributed by atoms with Crippen molar-refractivity contribution in [2.24, 2.45) is 0 Å². The van der Waals surface area contributed by atoms with Gasteiger partial charge in [-0.3, -0.25) is 0 Å². The van der Waals surface area contributed by atoms with Gasteiger partial charge in [-0.25, -0.2) is 18.1 Å². The predicted octanol–water partition coefficient (Wildman–Crippen LogP) is 4.98. The number of halogens is 4. The average Bonchev–Trinajstić information content (AvgIpc) is 3.22. The molecule has 1 aromatic heterocycles. The van der Waals surface area contributed by atoms with E-state index in [0.717, 1.165) is 23.4 Å². The lowest BCUT2D eigenvalue weighted by molar-refractivity contribution is -0.137. The Balaban J connectivity index is 1.41. The molecule has 1 saturated heterocycles. The van der Waals surface area contributed by atoms with E-state index in [2.05, 4.69) is 9.71 Å². The summed E-state index contributed by atoms with van der Waals surface area (Å²) in [5.41, 5.74) is 0.961. The highest BCUT2D eigenvalue weighted by atomic mass is 35.5. The maximum atomic E-state index is 12.8. The Morgan fingerprint density at radius 3 is 2.16 bits per heavy atom. The summed E-state index contributed by atoms with van der Waals surface area (Å²) in [4.78, 5) is 5.78. The Morgan fingerprint density at radius 2 is 1.59 bits per heavy atom. The van der Waals surface area contributed by atoms with E-state index in [-0.39, 0.29) is 10.9 Å². The van der Waals surface area contributed by atoms with Crippen LogP contribution in [0.3, 0.4) is 0 Å². The summed E-state index contributed by atoms with van der Waals surface area (Å²) in [6.45, 7) is 0.807. The van der Waals surface area contributed by atoms with Gasteiger partial charge in [0.05, 0.1) is 10.5 Å². The fraction of sp³-hybridized carbons (Fsp3) is 0.227. The van der Waals surface area contributed by atoms with Crippen LogP contribution in [0.1, 0.15) is 12.0 Å². The van der Waals surface area contributed by atoms with Gasteiger partial charge in [-0.15, -0.1) is 0 Å². The molecule has 0 amide bonds. The predicted molar refractivity (Wildman–Crippen MR) is 117 cm³/mol. The first-order chi connectivity index (χ1) is 15.1. The molecule has 1 fully saturated rings. The lowest BCUT2D eigenvalue weighted by atomic mass is 10.1. The molecule has 5 nitrogen and oxygen atoms in total. The third-order valence-corrected chi connectivity index (χ3v) is 7.04. The first-order valence-corrected chi connectivity index (χ1v) is 11.6. The highest BCUT2D eigenvalue weighted by Crippen LogP contribution is 2.30. The van der Waals surface area contributed by atoms with Crippen LogP contribution in [-0.4, -0.2) is 32.5 Å². The minimum atomic E-state index is -4.45. The van der Waals surface area contributed by atoms with Crippen molar-refractivity contribution in [3.63, 3.8) is 0 Å². The van der Waals surface area contributed by atoms with Gasteiger partial charge in [-0.05, 0) is 53.9 Å².